The van der Waals surface area contributed by atoms with Gasteiger partial charge in [-0.1, -0.05) is 12.1 Å². The van der Waals surface area contributed by atoms with Crippen LogP contribution >= 0.6 is 0 Å². The van der Waals surface area contributed by atoms with Crippen molar-refractivity contribution in [3.8, 4) is 11.1 Å². The first-order chi connectivity index (χ1) is 10.2. The van der Waals surface area contributed by atoms with Crippen LogP contribution in [0.15, 0.2) is 47.5 Å². The maximum Gasteiger partial charge on any atom is 0.138 e. The summed E-state index contributed by atoms with van der Waals surface area (Å²) in [5.74, 6) is 0.675. The van der Waals surface area contributed by atoms with E-state index in [-0.39, 0.29) is 0 Å². The van der Waals surface area contributed by atoms with Crippen LogP contribution < -0.4 is 5.14 Å². The Kier molecular flexibility index (Phi) is 2.90. The van der Waals surface area contributed by atoms with E-state index in [2.05, 4.69) is 16.0 Å². The van der Waals surface area contributed by atoms with Crippen LogP contribution in [0.1, 0.15) is 24.5 Å². The molecule has 1 aromatic carbocycles. The molecule has 0 aliphatic heterocycles. The molecule has 21 heavy (non-hydrogen) atoms. The Morgan fingerprint density at radius 3 is 2.62 bits per heavy atom. The molecule has 1 unspecified atom stereocenters. The molecule has 2 heterocycles. The van der Waals surface area contributed by atoms with Crippen LogP contribution in [-0.4, -0.2) is 14.2 Å². The molecule has 0 spiro atoms. The number of benzene rings is 1. The lowest BCUT2D eigenvalue weighted by Gasteiger charge is -2.04. The minimum absolute atomic E-state index is 0.636. The van der Waals surface area contributed by atoms with E-state index in [9.17, 15) is 4.21 Å². The molecule has 1 aliphatic rings. The number of fused-ring (bicyclic) bond motifs is 1. The highest BCUT2D eigenvalue weighted by Gasteiger charge is 2.25. The number of H-pyrrole nitrogens is 1. The van der Waals surface area contributed by atoms with Crippen LogP contribution in [0.5, 0.6) is 0 Å². The summed E-state index contributed by atoms with van der Waals surface area (Å²) < 4.78 is 11.3. The van der Waals surface area contributed by atoms with Gasteiger partial charge in [0, 0.05) is 17.3 Å². The Morgan fingerprint density at radius 1 is 1.19 bits per heavy atom. The lowest BCUT2D eigenvalue weighted by atomic mass is 10.0. The summed E-state index contributed by atoms with van der Waals surface area (Å²) in [5, 5.41) is 6.53. The van der Waals surface area contributed by atoms with E-state index in [1.54, 1.807) is 0 Å². The van der Waals surface area contributed by atoms with Gasteiger partial charge in [0.05, 0.1) is 4.90 Å². The fraction of sp³-hybridized carbons (Fsp3) is 0.188. The van der Waals surface area contributed by atoms with E-state index < -0.39 is 11.0 Å². The second-order valence-electron chi connectivity index (χ2n) is 5.44. The second kappa shape index (κ2) is 4.79. The van der Waals surface area contributed by atoms with Gasteiger partial charge in [-0.25, -0.2) is 14.3 Å². The smallest absolute Gasteiger partial charge is 0.138 e. The Morgan fingerprint density at radius 2 is 1.95 bits per heavy atom. The summed E-state index contributed by atoms with van der Waals surface area (Å²) in [7, 11) is -1.43. The summed E-state index contributed by atoms with van der Waals surface area (Å²) in [6.07, 6.45) is 4.35. The van der Waals surface area contributed by atoms with E-state index in [1.165, 1.54) is 18.5 Å². The van der Waals surface area contributed by atoms with Crippen LogP contribution in [-0.2, 0) is 11.0 Å². The lowest BCUT2D eigenvalue weighted by Crippen LogP contribution is -2.01. The van der Waals surface area contributed by atoms with Crippen molar-refractivity contribution in [3.63, 3.8) is 0 Å². The van der Waals surface area contributed by atoms with Crippen LogP contribution in [0.2, 0.25) is 0 Å². The molecule has 4 rings (SSSR count). The van der Waals surface area contributed by atoms with E-state index in [0.717, 1.165) is 22.2 Å². The summed E-state index contributed by atoms with van der Waals surface area (Å²) in [6, 6.07) is 11.8. The first-order valence-corrected chi connectivity index (χ1v) is 8.18. The fourth-order valence-corrected chi connectivity index (χ4v) is 3.09. The Bertz CT molecular complexity index is 834. The van der Waals surface area contributed by atoms with Gasteiger partial charge in [0.15, 0.2) is 0 Å². The Balaban J connectivity index is 1.83. The first-order valence-electron chi connectivity index (χ1n) is 6.96. The van der Waals surface area contributed by atoms with Crippen molar-refractivity contribution in [3.05, 3.63) is 48.3 Å². The lowest BCUT2D eigenvalue weighted by molar-refractivity contribution is 0.684. The molecular formula is C16H15N3OS. The van der Waals surface area contributed by atoms with Gasteiger partial charge in [0.25, 0.3) is 0 Å². The molecule has 1 fully saturated rings. The average Bonchev–Trinajstić information content (AvgIpc) is 3.26. The molecule has 2 aromatic heterocycles. The highest BCUT2D eigenvalue weighted by Crippen LogP contribution is 2.41. The molecule has 4 nitrogen and oxygen atoms in total. The van der Waals surface area contributed by atoms with E-state index in [0.29, 0.717) is 10.8 Å². The third-order valence-electron chi connectivity index (χ3n) is 3.97. The van der Waals surface area contributed by atoms with Gasteiger partial charge in [-0.15, -0.1) is 0 Å². The number of hydrogen-bond donors (Lipinski definition) is 2. The number of aromatic nitrogens is 2. The normalized spacial score (nSPS) is 16.2. The topological polar surface area (TPSA) is 71.8 Å². The summed E-state index contributed by atoms with van der Waals surface area (Å²) >= 11 is 0. The predicted molar refractivity (Wildman–Crippen MR) is 84.1 cm³/mol. The Hall–Kier alpha value is -1.98. The quantitative estimate of drug-likeness (QED) is 0.779. The zero-order chi connectivity index (χ0) is 14.4. The van der Waals surface area contributed by atoms with Crippen molar-refractivity contribution < 1.29 is 4.21 Å². The third kappa shape index (κ3) is 2.28. The number of nitrogens with one attached hydrogen (secondary N) is 1. The van der Waals surface area contributed by atoms with Gasteiger partial charge in [0.2, 0.25) is 0 Å². The van der Waals surface area contributed by atoms with Crippen molar-refractivity contribution >= 4 is 22.0 Å². The maximum absolute atomic E-state index is 11.3. The monoisotopic (exact) mass is 297 g/mol. The van der Waals surface area contributed by atoms with E-state index in [1.807, 2.05) is 36.5 Å². The second-order valence-corrected chi connectivity index (χ2v) is 6.51. The van der Waals surface area contributed by atoms with Gasteiger partial charge in [-0.3, -0.25) is 0 Å². The molecule has 5 heteroatoms. The van der Waals surface area contributed by atoms with Crippen molar-refractivity contribution in [1.82, 2.24) is 9.97 Å². The van der Waals surface area contributed by atoms with Crippen LogP contribution in [0, 0.1) is 0 Å². The minimum Gasteiger partial charge on any atom is -0.343 e. The number of rotatable bonds is 3. The largest absolute Gasteiger partial charge is 0.343 e. The predicted octanol–water partition coefficient (Wildman–Crippen LogP) is 3.09. The van der Waals surface area contributed by atoms with Gasteiger partial charge < -0.3 is 4.98 Å². The van der Waals surface area contributed by atoms with Crippen LogP contribution in [0.25, 0.3) is 22.2 Å². The summed E-state index contributed by atoms with van der Waals surface area (Å²) in [5.41, 5.74) is 4.43. The zero-order valence-electron chi connectivity index (χ0n) is 11.4. The van der Waals surface area contributed by atoms with Crippen LogP contribution in [0.4, 0.5) is 0 Å². The highest BCUT2D eigenvalue weighted by molar-refractivity contribution is 7.82. The van der Waals surface area contributed by atoms with E-state index in [4.69, 9.17) is 5.14 Å². The van der Waals surface area contributed by atoms with Crippen molar-refractivity contribution in [2.75, 3.05) is 0 Å². The van der Waals surface area contributed by atoms with Crippen LogP contribution in [0.3, 0.4) is 0 Å². The van der Waals surface area contributed by atoms with Gasteiger partial charge in [-0.05, 0) is 54.2 Å². The van der Waals surface area contributed by atoms with Gasteiger partial charge in [0.1, 0.15) is 16.6 Å². The zero-order valence-corrected chi connectivity index (χ0v) is 12.2. The number of pyridine rings is 1. The molecule has 0 bridgehead atoms. The summed E-state index contributed by atoms with van der Waals surface area (Å²) in [6.45, 7) is 0. The molecule has 0 amide bonds. The van der Waals surface area contributed by atoms with E-state index >= 15 is 0 Å². The standard InChI is InChI=1S/C16H15N3OS/c17-21(20)12-5-3-10(4-6-12)13-7-8-18-16-14(13)9-15(19-16)11-1-2-11/h3-9,11H,1-2,17H2,(H,18,19). The SMILES string of the molecule is NS(=O)c1ccc(-c2ccnc3[nH]c(C4CC4)cc23)cc1. The number of nitrogens with zero attached hydrogens (tertiary/aromatic N) is 1. The van der Waals surface area contributed by atoms with Crippen molar-refractivity contribution in [2.45, 2.75) is 23.7 Å². The molecule has 0 saturated heterocycles. The third-order valence-corrected chi connectivity index (χ3v) is 4.70. The molecule has 3 N–H and O–H groups in total. The fourth-order valence-electron chi connectivity index (χ4n) is 2.68. The molecule has 106 valence electrons. The van der Waals surface area contributed by atoms with Crippen molar-refractivity contribution in [1.29, 1.82) is 0 Å². The molecule has 1 saturated carbocycles. The van der Waals surface area contributed by atoms with Gasteiger partial charge >= 0.3 is 0 Å². The number of hydrogen-bond acceptors (Lipinski definition) is 2. The molecule has 0 radical (unpaired) electrons. The molecule has 1 atom stereocenters. The summed E-state index contributed by atoms with van der Waals surface area (Å²) in [4.78, 5) is 8.47. The van der Waals surface area contributed by atoms with Gasteiger partial charge in [-0.2, -0.15) is 0 Å². The molecule has 1 aliphatic carbocycles. The molecule has 3 aromatic rings. The molecular weight excluding hydrogens is 282 g/mol. The minimum atomic E-state index is -1.43. The number of aromatic amines is 1. The maximum atomic E-state index is 11.3. The number of nitrogens with two attached hydrogens (primary N) is 1. The van der Waals surface area contributed by atoms with Crippen molar-refractivity contribution in [2.24, 2.45) is 5.14 Å². The highest BCUT2D eigenvalue weighted by atomic mass is 32.2. The first kappa shape index (κ1) is 12.7. The Labute approximate surface area is 125 Å². The average molecular weight is 297 g/mol.